The second-order valence-corrected chi connectivity index (χ2v) is 6.97. The second kappa shape index (κ2) is 6.34. The Morgan fingerprint density at radius 2 is 1.46 bits per heavy atom. The molecule has 0 aromatic carbocycles. The van der Waals surface area contributed by atoms with E-state index in [1.165, 1.54) is 0 Å². The first-order valence-electron chi connectivity index (χ1n) is 7.55. The molecule has 4 nitrogen and oxygen atoms in total. The average molecular weight is 438 g/mol. The van der Waals surface area contributed by atoms with Crippen LogP contribution in [0.25, 0.3) is 0 Å². The van der Waals surface area contributed by atoms with E-state index in [1.807, 2.05) is 0 Å². The van der Waals surface area contributed by atoms with Gasteiger partial charge in [0.1, 0.15) is 5.60 Å². The van der Waals surface area contributed by atoms with Gasteiger partial charge in [0, 0.05) is 0 Å². The lowest BCUT2D eigenvalue weighted by molar-refractivity contribution is -0.510. The molecule has 1 aliphatic heterocycles. The van der Waals surface area contributed by atoms with Gasteiger partial charge in [-0.15, -0.1) is 0 Å². The van der Waals surface area contributed by atoms with Crippen LogP contribution in [0.3, 0.4) is 0 Å². The summed E-state index contributed by atoms with van der Waals surface area (Å²) >= 11 is 0. The van der Waals surface area contributed by atoms with Crippen molar-refractivity contribution in [3.8, 4) is 0 Å². The van der Waals surface area contributed by atoms with Crippen LogP contribution in [-0.4, -0.2) is 52.8 Å². The van der Waals surface area contributed by atoms with Gasteiger partial charge in [-0.3, -0.25) is 4.79 Å². The van der Waals surface area contributed by atoms with Gasteiger partial charge in [0.25, 0.3) is 0 Å². The van der Waals surface area contributed by atoms with Crippen molar-refractivity contribution in [3.05, 3.63) is 0 Å². The highest BCUT2D eigenvalue weighted by atomic mass is 19.4. The first kappa shape index (κ1) is 24.7. The van der Waals surface area contributed by atoms with Gasteiger partial charge in [-0.05, 0) is 27.2 Å². The third-order valence-electron chi connectivity index (χ3n) is 4.71. The van der Waals surface area contributed by atoms with Crippen LogP contribution >= 0.6 is 0 Å². The molecule has 0 radical (unpaired) electrons. The summed E-state index contributed by atoms with van der Waals surface area (Å²) in [7, 11) is 0. The fourth-order valence-corrected chi connectivity index (χ4v) is 2.32. The van der Waals surface area contributed by atoms with Gasteiger partial charge in [0.15, 0.2) is 5.41 Å². The third-order valence-corrected chi connectivity index (χ3v) is 4.71. The normalized spacial score (nSPS) is 31.8. The molecule has 0 spiro atoms. The summed E-state index contributed by atoms with van der Waals surface area (Å²) in [6.45, 7) is 1.24. The number of ether oxygens (including phenoxy) is 2. The Balaban J connectivity index is 3.58. The Labute approximate surface area is 151 Å². The molecule has 1 heterocycles. The van der Waals surface area contributed by atoms with Crippen LogP contribution in [-0.2, 0) is 14.3 Å². The zero-order valence-electron chi connectivity index (χ0n) is 14.7. The molecule has 0 aromatic rings. The minimum Gasteiger partial charge on any atom is -0.448 e. The molecule has 0 saturated carbocycles. The quantitative estimate of drug-likeness (QED) is 0.530. The van der Waals surface area contributed by atoms with E-state index in [-0.39, 0.29) is 20.8 Å². The first-order valence-corrected chi connectivity index (χ1v) is 7.55. The van der Waals surface area contributed by atoms with Crippen LogP contribution in [0.5, 0.6) is 0 Å². The van der Waals surface area contributed by atoms with Crippen molar-refractivity contribution < 1.29 is 63.3 Å². The van der Waals surface area contributed by atoms with Crippen molar-refractivity contribution in [2.45, 2.75) is 75.8 Å². The smallest absolute Gasteiger partial charge is 0.448 e. The number of carbonyl (C=O) groups is 1. The molecule has 1 rings (SSSR count). The maximum Gasteiger partial charge on any atom is 0.449 e. The van der Waals surface area contributed by atoms with Gasteiger partial charge >= 0.3 is 36.0 Å². The molecule has 0 amide bonds. The lowest BCUT2D eigenvalue weighted by Crippen LogP contribution is -2.79. The largest absolute Gasteiger partial charge is 0.449 e. The van der Waals surface area contributed by atoms with Crippen LogP contribution in [0.15, 0.2) is 0 Å². The summed E-state index contributed by atoms with van der Waals surface area (Å²) in [5, 5.41) is 9.36. The van der Waals surface area contributed by atoms with Crippen molar-refractivity contribution in [2.75, 3.05) is 0 Å². The minimum atomic E-state index is -6.37. The van der Waals surface area contributed by atoms with Crippen LogP contribution in [0.4, 0.5) is 43.9 Å². The molecule has 1 N–H and O–H groups in total. The summed E-state index contributed by atoms with van der Waals surface area (Å²) in [5.74, 6) is -19.4. The maximum absolute atomic E-state index is 14.4. The van der Waals surface area contributed by atoms with Crippen molar-refractivity contribution in [3.63, 3.8) is 0 Å². The van der Waals surface area contributed by atoms with Gasteiger partial charge in [-0.1, -0.05) is 6.92 Å². The highest BCUT2D eigenvalue weighted by Gasteiger charge is 2.85. The summed E-state index contributed by atoms with van der Waals surface area (Å²) in [4.78, 5) is 11.8. The number of alkyl halides is 10. The zero-order chi connectivity index (χ0) is 22.8. The summed E-state index contributed by atoms with van der Waals surface area (Å²) in [6, 6.07) is 0. The molecule has 0 aliphatic carbocycles. The number of hydrogen-bond acceptors (Lipinski definition) is 4. The Morgan fingerprint density at radius 3 is 1.79 bits per heavy atom. The number of carbonyl (C=O) groups excluding carboxylic acids is 1. The molecule has 0 aromatic heterocycles. The Kier molecular flexibility index (Phi) is 5.60. The molecular formula is C14H16F10O4. The van der Waals surface area contributed by atoms with Gasteiger partial charge in [-0.2, -0.15) is 43.9 Å². The molecule has 1 saturated heterocycles. The molecule has 3 unspecified atom stereocenters. The molecule has 0 bridgehead atoms. The second-order valence-electron chi connectivity index (χ2n) is 6.97. The number of halogens is 10. The molecule has 28 heavy (non-hydrogen) atoms. The maximum atomic E-state index is 14.4. The van der Waals surface area contributed by atoms with Gasteiger partial charge in [0.05, 0.1) is 0 Å². The van der Waals surface area contributed by atoms with Crippen LogP contribution < -0.4 is 0 Å². The number of rotatable bonds is 3. The summed E-state index contributed by atoms with van der Waals surface area (Å²) in [5.41, 5.74) is -7.08. The lowest BCUT2D eigenvalue weighted by atomic mass is 9.82. The predicted octanol–water partition coefficient (Wildman–Crippen LogP) is 4.21. The SMILES string of the molecule is CCC(C)(C(=O)OC1C(F)(F)C(C)(C)OC(O)(C(F)(F)F)C1(F)F)C(F)(F)F. The van der Waals surface area contributed by atoms with Crippen molar-refractivity contribution in [2.24, 2.45) is 5.41 Å². The van der Waals surface area contributed by atoms with E-state index in [2.05, 4.69) is 9.47 Å². The topological polar surface area (TPSA) is 55.8 Å². The van der Waals surface area contributed by atoms with Gasteiger partial charge < -0.3 is 14.6 Å². The van der Waals surface area contributed by atoms with E-state index in [0.717, 1.165) is 6.92 Å². The average Bonchev–Trinajstić information content (AvgIpc) is 2.46. The van der Waals surface area contributed by atoms with E-state index < -0.39 is 59.5 Å². The van der Waals surface area contributed by atoms with Crippen LogP contribution in [0.1, 0.15) is 34.1 Å². The summed E-state index contributed by atoms with van der Waals surface area (Å²) in [6.07, 6.45) is -17.4. The molecule has 1 aliphatic rings. The number of esters is 1. The summed E-state index contributed by atoms with van der Waals surface area (Å²) < 4.78 is 143. The minimum absolute atomic E-state index is 0.145. The molecule has 1 fully saturated rings. The van der Waals surface area contributed by atoms with Crippen molar-refractivity contribution >= 4 is 5.97 Å². The molecule has 14 heteroatoms. The fourth-order valence-electron chi connectivity index (χ4n) is 2.32. The molecule has 166 valence electrons. The fraction of sp³-hybridized carbons (Fsp3) is 0.929. The third kappa shape index (κ3) is 3.21. The van der Waals surface area contributed by atoms with E-state index in [9.17, 15) is 53.8 Å². The monoisotopic (exact) mass is 438 g/mol. The van der Waals surface area contributed by atoms with Gasteiger partial charge in [0.2, 0.25) is 6.10 Å². The number of aliphatic hydroxyl groups is 1. The lowest BCUT2D eigenvalue weighted by Gasteiger charge is -2.53. The van der Waals surface area contributed by atoms with E-state index >= 15 is 0 Å². The Morgan fingerprint density at radius 1 is 1.04 bits per heavy atom. The van der Waals surface area contributed by atoms with E-state index in [4.69, 9.17) is 0 Å². The van der Waals surface area contributed by atoms with Crippen molar-refractivity contribution in [1.82, 2.24) is 0 Å². The zero-order valence-corrected chi connectivity index (χ0v) is 14.7. The van der Waals surface area contributed by atoms with Crippen molar-refractivity contribution in [1.29, 1.82) is 0 Å². The van der Waals surface area contributed by atoms with Crippen LogP contribution in [0, 0.1) is 5.41 Å². The number of hydrogen-bond donors (Lipinski definition) is 1. The van der Waals surface area contributed by atoms with Crippen LogP contribution in [0.2, 0.25) is 0 Å². The highest BCUT2D eigenvalue weighted by molar-refractivity contribution is 5.77. The van der Waals surface area contributed by atoms with Gasteiger partial charge in [-0.25, -0.2) is 0 Å². The molecular weight excluding hydrogens is 422 g/mol. The van der Waals surface area contributed by atoms with E-state index in [1.54, 1.807) is 0 Å². The Bertz CT molecular complexity index is 627. The predicted molar refractivity (Wildman–Crippen MR) is 70.4 cm³/mol. The first-order chi connectivity index (χ1) is 12.0. The highest BCUT2D eigenvalue weighted by Crippen LogP contribution is 2.58. The Hall–Kier alpha value is -1.31. The standard InChI is InChI=1S/C14H16F10O4/c1-5-9(4,13(19,20)21)7(25)27-6-10(15,16)8(2,3)28-12(26,11(6,17)18)14(22,23)24/h6,26H,5H2,1-4H3. The molecule has 3 atom stereocenters. The van der Waals surface area contributed by atoms with E-state index in [0.29, 0.717) is 0 Å².